The normalized spacial score (nSPS) is 14.2. The molecule has 0 aromatic carbocycles. The van der Waals surface area contributed by atoms with Gasteiger partial charge in [-0.15, -0.1) is 11.3 Å². The Balaban J connectivity index is 1.76. The summed E-state index contributed by atoms with van der Waals surface area (Å²) in [6.07, 6.45) is 2.46. The molecule has 0 radical (unpaired) electrons. The third kappa shape index (κ3) is 3.69. The molecule has 0 aliphatic heterocycles. The van der Waals surface area contributed by atoms with Crippen LogP contribution in [-0.4, -0.2) is 46.1 Å². The molecule has 1 aromatic heterocycles. The maximum atomic E-state index is 11.8. The van der Waals surface area contributed by atoms with Gasteiger partial charge < -0.3 is 15.3 Å². The molecule has 1 aliphatic rings. The van der Waals surface area contributed by atoms with E-state index in [4.69, 9.17) is 5.11 Å². The molecule has 1 heterocycles. The van der Waals surface area contributed by atoms with Crippen LogP contribution in [0.1, 0.15) is 18.5 Å². The first-order valence-corrected chi connectivity index (χ1v) is 6.74. The Kier molecular flexibility index (Phi) is 4.14. The van der Waals surface area contributed by atoms with Crippen molar-refractivity contribution in [2.75, 3.05) is 13.1 Å². The fourth-order valence-corrected chi connectivity index (χ4v) is 2.25. The summed E-state index contributed by atoms with van der Waals surface area (Å²) >= 11 is 1.52. The minimum Gasteiger partial charge on any atom is -0.480 e. The highest BCUT2D eigenvalue weighted by molar-refractivity contribution is 7.07. The first-order valence-electron chi connectivity index (χ1n) is 5.80. The molecule has 0 bridgehead atoms. The fraction of sp³-hybridized carbons (Fsp3) is 0.545. The molecule has 0 unspecified atom stereocenters. The van der Waals surface area contributed by atoms with E-state index in [2.05, 4.69) is 10.3 Å². The van der Waals surface area contributed by atoms with Gasteiger partial charge in [-0.1, -0.05) is 0 Å². The van der Waals surface area contributed by atoms with E-state index in [9.17, 15) is 9.59 Å². The lowest BCUT2D eigenvalue weighted by molar-refractivity contribution is -0.137. The van der Waals surface area contributed by atoms with E-state index >= 15 is 0 Å². The number of carboxylic acids is 1. The summed E-state index contributed by atoms with van der Waals surface area (Å²) in [6.45, 7) is 0.249. The topological polar surface area (TPSA) is 82.5 Å². The summed E-state index contributed by atoms with van der Waals surface area (Å²) in [5.41, 5.74) is 2.69. The Bertz CT molecular complexity index is 417. The maximum Gasteiger partial charge on any atom is 0.323 e. The van der Waals surface area contributed by atoms with Crippen molar-refractivity contribution in [3.05, 3.63) is 16.6 Å². The number of hydrogen-bond acceptors (Lipinski definition) is 4. The van der Waals surface area contributed by atoms with Crippen molar-refractivity contribution in [2.45, 2.75) is 25.3 Å². The molecule has 1 aliphatic carbocycles. The van der Waals surface area contributed by atoms with Crippen LogP contribution in [0, 0.1) is 0 Å². The molecule has 2 rings (SSSR count). The van der Waals surface area contributed by atoms with Crippen molar-refractivity contribution < 1.29 is 14.7 Å². The van der Waals surface area contributed by atoms with Gasteiger partial charge in [-0.2, -0.15) is 0 Å². The highest BCUT2D eigenvalue weighted by Gasteiger charge is 2.33. The van der Waals surface area contributed by atoms with Gasteiger partial charge in [0.15, 0.2) is 0 Å². The number of thiazole rings is 1. The molecule has 1 aromatic rings. The average Bonchev–Trinajstić information content (AvgIpc) is 3.03. The van der Waals surface area contributed by atoms with Crippen molar-refractivity contribution in [3.63, 3.8) is 0 Å². The first kappa shape index (κ1) is 12.8. The molecule has 7 heteroatoms. The number of nitrogens with one attached hydrogen (secondary N) is 1. The number of aromatic nitrogens is 1. The van der Waals surface area contributed by atoms with Crippen LogP contribution >= 0.6 is 11.3 Å². The summed E-state index contributed by atoms with van der Waals surface area (Å²) in [5.74, 6) is -0.975. The van der Waals surface area contributed by atoms with E-state index in [0.29, 0.717) is 13.0 Å². The van der Waals surface area contributed by atoms with Crippen LogP contribution in [0.25, 0.3) is 0 Å². The molecular weight excluding hydrogens is 254 g/mol. The lowest BCUT2D eigenvalue weighted by Crippen LogP contribution is -2.44. The molecule has 2 amide bonds. The second-order valence-corrected chi connectivity index (χ2v) is 4.93. The zero-order valence-electron chi connectivity index (χ0n) is 9.83. The van der Waals surface area contributed by atoms with Crippen molar-refractivity contribution in [3.8, 4) is 0 Å². The standard InChI is InChI=1S/C11H15N3O3S/c15-10(16)5-14(9-1-2-9)11(17)12-4-3-8-6-18-7-13-8/h6-7,9H,1-5H2,(H,12,17)(H,15,16). The fourth-order valence-electron chi connectivity index (χ4n) is 1.66. The van der Waals surface area contributed by atoms with Crippen LogP contribution < -0.4 is 5.32 Å². The third-order valence-electron chi connectivity index (χ3n) is 2.69. The highest BCUT2D eigenvalue weighted by Crippen LogP contribution is 2.26. The number of rotatable bonds is 6. The van der Waals surface area contributed by atoms with Crippen molar-refractivity contribution in [1.82, 2.24) is 15.2 Å². The molecule has 1 saturated carbocycles. The smallest absolute Gasteiger partial charge is 0.323 e. The Labute approximate surface area is 109 Å². The summed E-state index contributed by atoms with van der Waals surface area (Å²) in [6, 6.07) is -0.199. The second kappa shape index (κ2) is 5.81. The zero-order valence-corrected chi connectivity index (χ0v) is 10.7. The van der Waals surface area contributed by atoms with Crippen LogP contribution in [0.15, 0.2) is 10.9 Å². The zero-order chi connectivity index (χ0) is 13.0. The van der Waals surface area contributed by atoms with Gasteiger partial charge in [0.25, 0.3) is 0 Å². The van der Waals surface area contributed by atoms with Gasteiger partial charge in [-0.05, 0) is 12.8 Å². The van der Waals surface area contributed by atoms with Gasteiger partial charge in [0.1, 0.15) is 6.54 Å². The van der Waals surface area contributed by atoms with Crippen LogP contribution in [0.2, 0.25) is 0 Å². The number of carboxylic acid groups (broad SMARTS) is 1. The van der Waals surface area contributed by atoms with E-state index in [1.54, 1.807) is 5.51 Å². The number of aliphatic carboxylic acids is 1. The van der Waals surface area contributed by atoms with Gasteiger partial charge in [-0.25, -0.2) is 9.78 Å². The quantitative estimate of drug-likeness (QED) is 0.805. The minimum atomic E-state index is -0.975. The largest absolute Gasteiger partial charge is 0.480 e. The maximum absolute atomic E-state index is 11.8. The molecule has 0 atom stereocenters. The van der Waals surface area contributed by atoms with E-state index in [1.807, 2.05) is 5.38 Å². The number of urea groups is 1. The minimum absolute atomic E-state index is 0.0976. The number of carbonyl (C=O) groups is 2. The van der Waals surface area contributed by atoms with Gasteiger partial charge in [0.05, 0.1) is 11.2 Å². The van der Waals surface area contributed by atoms with Gasteiger partial charge >= 0.3 is 12.0 Å². The lowest BCUT2D eigenvalue weighted by Gasteiger charge is -2.20. The van der Waals surface area contributed by atoms with Crippen LogP contribution in [0.4, 0.5) is 4.79 Å². The van der Waals surface area contributed by atoms with Crippen molar-refractivity contribution in [1.29, 1.82) is 0 Å². The summed E-state index contributed by atoms with van der Waals surface area (Å²) in [5, 5.41) is 13.4. The summed E-state index contributed by atoms with van der Waals surface area (Å²) in [4.78, 5) is 28.0. The third-order valence-corrected chi connectivity index (χ3v) is 3.33. The lowest BCUT2D eigenvalue weighted by atomic mass is 10.3. The predicted molar refractivity (Wildman–Crippen MR) is 66.6 cm³/mol. The average molecular weight is 269 g/mol. The van der Waals surface area contributed by atoms with Crippen LogP contribution in [0.3, 0.4) is 0 Å². The van der Waals surface area contributed by atoms with Crippen molar-refractivity contribution >= 4 is 23.3 Å². The van der Waals surface area contributed by atoms with Crippen molar-refractivity contribution in [2.24, 2.45) is 0 Å². The molecule has 98 valence electrons. The molecule has 2 N–H and O–H groups in total. The molecular formula is C11H15N3O3S. The molecule has 6 nitrogen and oxygen atoms in total. The Morgan fingerprint density at radius 3 is 2.89 bits per heavy atom. The molecule has 0 saturated heterocycles. The first-order chi connectivity index (χ1) is 8.66. The Hall–Kier alpha value is -1.63. The predicted octanol–water partition coefficient (Wildman–Crippen LogP) is 0.944. The molecule has 1 fully saturated rings. The summed E-state index contributed by atoms with van der Waals surface area (Å²) < 4.78 is 0. The van der Waals surface area contributed by atoms with E-state index < -0.39 is 5.97 Å². The summed E-state index contributed by atoms with van der Waals surface area (Å²) in [7, 11) is 0. The number of nitrogens with zero attached hydrogens (tertiary/aromatic N) is 2. The van der Waals surface area contributed by atoms with Crippen LogP contribution in [-0.2, 0) is 11.2 Å². The van der Waals surface area contributed by atoms with Gasteiger partial charge in [0, 0.05) is 24.4 Å². The van der Waals surface area contributed by atoms with Crippen LogP contribution in [0.5, 0.6) is 0 Å². The molecule has 0 spiro atoms. The number of carbonyl (C=O) groups excluding carboxylic acids is 1. The highest BCUT2D eigenvalue weighted by atomic mass is 32.1. The Morgan fingerprint density at radius 2 is 2.33 bits per heavy atom. The Morgan fingerprint density at radius 1 is 1.56 bits per heavy atom. The number of amides is 2. The molecule has 18 heavy (non-hydrogen) atoms. The number of hydrogen-bond donors (Lipinski definition) is 2. The SMILES string of the molecule is O=C(O)CN(C(=O)NCCc1cscn1)C1CC1. The van der Waals surface area contributed by atoms with E-state index in [0.717, 1.165) is 18.5 Å². The second-order valence-electron chi connectivity index (χ2n) is 4.21. The van der Waals surface area contributed by atoms with E-state index in [-0.39, 0.29) is 18.6 Å². The van der Waals surface area contributed by atoms with Gasteiger partial charge in [0.2, 0.25) is 0 Å². The van der Waals surface area contributed by atoms with E-state index in [1.165, 1.54) is 16.2 Å². The van der Waals surface area contributed by atoms with Gasteiger partial charge in [-0.3, -0.25) is 4.79 Å². The monoisotopic (exact) mass is 269 g/mol.